The van der Waals surface area contributed by atoms with Crippen molar-refractivity contribution >= 4 is 23.1 Å². The van der Waals surface area contributed by atoms with Crippen molar-refractivity contribution in [2.75, 3.05) is 11.9 Å². The molecule has 0 bridgehead atoms. The van der Waals surface area contributed by atoms with Crippen molar-refractivity contribution in [2.24, 2.45) is 0 Å². The van der Waals surface area contributed by atoms with Crippen molar-refractivity contribution < 1.29 is 14.3 Å². The molecular weight excluding hydrogens is 436 g/mol. The Labute approximate surface area is 207 Å². The molecule has 0 spiro atoms. The molecular formula is C30H32N2O3. The maximum Gasteiger partial charge on any atom is 0.278 e. The lowest BCUT2D eigenvalue weighted by Gasteiger charge is -2.19. The molecule has 3 aromatic carbocycles. The van der Waals surface area contributed by atoms with Crippen molar-refractivity contribution in [3.8, 4) is 5.75 Å². The molecule has 0 atom stereocenters. The van der Waals surface area contributed by atoms with Crippen LogP contribution >= 0.6 is 0 Å². The number of ether oxygens (including phenoxy) is 1. The summed E-state index contributed by atoms with van der Waals surface area (Å²) in [6.45, 7) is 9.37. The van der Waals surface area contributed by atoms with Crippen molar-refractivity contribution in [2.45, 2.75) is 46.1 Å². The van der Waals surface area contributed by atoms with E-state index in [1.165, 1.54) is 10.5 Å². The topological polar surface area (TPSA) is 58.6 Å². The van der Waals surface area contributed by atoms with E-state index in [2.05, 4.69) is 33.0 Å². The molecule has 3 aromatic rings. The van der Waals surface area contributed by atoms with Crippen LogP contribution in [0.4, 0.5) is 5.69 Å². The van der Waals surface area contributed by atoms with Gasteiger partial charge in [-0.05, 0) is 52.8 Å². The molecule has 35 heavy (non-hydrogen) atoms. The minimum Gasteiger partial charge on any atom is -0.494 e. The Morgan fingerprint density at radius 2 is 1.49 bits per heavy atom. The molecule has 1 aliphatic rings. The van der Waals surface area contributed by atoms with Gasteiger partial charge in [-0.2, -0.15) is 0 Å². The lowest BCUT2D eigenvalue weighted by molar-refractivity contribution is -0.137. The summed E-state index contributed by atoms with van der Waals surface area (Å²) >= 11 is 0. The highest BCUT2D eigenvalue weighted by Gasteiger charge is 2.39. The molecule has 0 saturated carbocycles. The molecule has 0 radical (unpaired) electrons. The van der Waals surface area contributed by atoms with Gasteiger partial charge >= 0.3 is 0 Å². The summed E-state index contributed by atoms with van der Waals surface area (Å²) in [5.74, 6) is 0.0938. The predicted molar refractivity (Wildman–Crippen MR) is 140 cm³/mol. The monoisotopic (exact) mass is 468 g/mol. The number of imide groups is 1. The van der Waals surface area contributed by atoms with Crippen LogP contribution in [0.25, 0.3) is 5.57 Å². The summed E-state index contributed by atoms with van der Waals surface area (Å²) in [6.07, 6.45) is 0.913. The molecule has 0 unspecified atom stereocenters. The van der Waals surface area contributed by atoms with Crippen LogP contribution in [-0.4, -0.2) is 23.3 Å². The van der Waals surface area contributed by atoms with Crippen LogP contribution < -0.4 is 10.1 Å². The zero-order valence-electron chi connectivity index (χ0n) is 20.8. The number of nitrogens with one attached hydrogen (secondary N) is 1. The Kier molecular flexibility index (Phi) is 7.06. The second-order valence-corrected chi connectivity index (χ2v) is 9.76. The van der Waals surface area contributed by atoms with Crippen molar-refractivity contribution in [3.63, 3.8) is 0 Å². The van der Waals surface area contributed by atoms with Crippen LogP contribution in [0.15, 0.2) is 84.6 Å². The summed E-state index contributed by atoms with van der Waals surface area (Å²) in [7, 11) is 0. The SMILES string of the molecule is CCCOc1ccc(C2=C(Nc3ccc(C(C)(C)C)cc3)C(=O)N(Cc3ccccc3)C2=O)cc1. The fraction of sp³-hybridized carbons (Fsp3) is 0.267. The molecule has 4 rings (SSSR count). The first-order valence-corrected chi connectivity index (χ1v) is 12.0. The number of hydrogen-bond donors (Lipinski definition) is 1. The highest BCUT2D eigenvalue weighted by molar-refractivity contribution is 6.36. The van der Waals surface area contributed by atoms with Crippen LogP contribution in [-0.2, 0) is 21.5 Å². The molecule has 0 saturated heterocycles. The van der Waals surface area contributed by atoms with Crippen molar-refractivity contribution in [1.29, 1.82) is 0 Å². The highest BCUT2D eigenvalue weighted by Crippen LogP contribution is 2.33. The Balaban J connectivity index is 1.68. The molecule has 1 aliphatic heterocycles. The summed E-state index contributed by atoms with van der Waals surface area (Å²) in [6, 6.07) is 24.9. The number of rotatable bonds is 8. The van der Waals surface area contributed by atoms with E-state index in [-0.39, 0.29) is 29.5 Å². The zero-order valence-corrected chi connectivity index (χ0v) is 20.8. The second kappa shape index (κ2) is 10.2. The number of benzene rings is 3. The van der Waals surface area contributed by atoms with Crippen LogP contribution in [0, 0.1) is 0 Å². The van der Waals surface area contributed by atoms with Gasteiger partial charge in [0.25, 0.3) is 11.8 Å². The standard InChI is InChI=1S/C30H32N2O3/c1-5-19-35-25-17-11-22(12-18-25)26-27(31-24-15-13-23(14-16-24)30(2,3)4)29(34)32(28(26)33)20-21-9-7-6-8-10-21/h6-18,31H,5,19-20H2,1-4H3. The Morgan fingerprint density at radius 3 is 2.09 bits per heavy atom. The van der Waals surface area contributed by atoms with E-state index in [1.807, 2.05) is 78.9 Å². The van der Waals surface area contributed by atoms with Gasteiger partial charge in [0, 0.05) is 5.69 Å². The number of amides is 2. The lowest BCUT2D eigenvalue weighted by Crippen LogP contribution is -2.32. The van der Waals surface area contributed by atoms with Crippen molar-refractivity contribution in [3.05, 3.63) is 101 Å². The maximum atomic E-state index is 13.5. The van der Waals surface area contributed by atoms with E-state index in [0.717, 1.165) is 23.4 Å². The average molecular weight is 469 g/mol. The molecule has 180 valence electrons. The molecule has 5 heteroatoms. The van der Waals surface area contributed by atoms with Gasteiger partial charge in [0.1, 0.15) is 11.4 Å². The average Bonchev–Trinajstić information content (AvgIpc) is 3.07. The van der Waals surface area contributed by atoms with Gasteiger partial charge in [-0.15, -0.1) is 0 Å². The first kappa shape index (κ1) is 24.3. The van der Waals surface area contributed by atoms with E-state index in [1.54, 1.807) is 0 Å². The Morgan fingerprint density at radius 1 is 0.829 bits per heavy atom. The summed E-state index contributed by atoms with van der Waals surface area (Å²) < 4.78 is 5.69. The number of anilines is 1. The van der Waals surface area contributed by atoms with Crippen LogP contribution in [0.1, 0.15) is 50.8 Å². The number of hydrogen-bond acceptors (Lipinski definition) is 4. The van der Waals surface area contributed by atoms with E-state index < -0.39 is 0 Å². The molecule has 0 fully saturated rings. The van der Waals surface area contributed by atoms with Gasteiger partial charge in [-0.1, -0.05) is 82.3 Å². The molecule has 2 amide bonds. The second-order valence-electron chi connectivity index (χ2n) is 9.76. The summed E-state index contributed by atoms with van der Waals surface area (Å²) in [5.41, 5.74) is 4.21. The molecule has 1 heterocycles. The Bertz CT molecular complexity index is 1220. The summed E-state index contributed by atoms with van der Waals surface area (Å²) in [4.78, 5) is 28.3. The van der Waals surface area contributed by atoms with Crippen LogP contribution in [0.2, 0.25) is 0 Å². The largest absolute Gasteiger partial charge is 0.494 e. The number of carbonyl (C=O) groups is 2. The quantitative estimate of drug-likeness (QED) is 0.402. The van der Waals surface area contributed by atoms with Gasteiger partial charge in [-0.3, -0.25) is 14.5 Å². The van der Waals surface area contributed by atoms with Crippen LogP contribution in [0.3, 0.4) is 0 Å². The predicted octanol–water partition coefficient (Wildman–Crippen LogP) is 6.17. The fourth-order valence-electron chi connectivity index (χ4n) is 4.01. The third-order valence-electron chi connectivity index (χ3n) is 5.99. The smallest absolute Gasteiger partial charge is 0.278 e. The molecule has 5 nitrogen and oxygen atoms in total. The number of carbonyl (C=O) groups excluding carboxylic acids is 2. The fourth-order valence-corrected chi connectivity index (χ4v) is 4.01. The maximum absolute atomic E-state index is 13.5. The van der Waals surface area contributed by atoms with Crippen LogP contribution in [0.5, 0.6) is 5.75 Å². The molecule has 0 aromatic heterocycles. The normalized spacial score (nSPS) is 14.0. The number of nitrogens with zero attached hydrogens (tertiary/aromatic N) is 1. The first-order chi connectivity index (χ1) is 16.8. The summed E-state index contributed by atoms with van der Waals surface area (Å²) in [5, 5.41) is 3.25. The third kappa shape index (κ3) is 5.46. The minimum atomic E-state index is -0.333. The van der Waals surface area contributed by atoms with E-state index in [9.17, 15) is 9.59 Å². The third-order valence-corrected chi connectivity index (χ3v) is 5.99. The first-order valence-electron chi connectivity index (χ1n) is 12.0. The van der Waals surface area contributed by atoms with Gasteiger partial charge < -0.3 is 10.1 Å². The van der Waals surface area contributed by atoms with E-state index in [0.29, 0.717) is 17.7 Å². The van der Waals surface area contributed by atoms with Crippen molar-refractivity contribution in [1.82, 2.24) is 4.90 Å². The van der Waals surface area contributed by atoms with Gasteiger partial charge in [0.05, 0.1) is 18.7 Å². The van der Waals surface area contributed by atoms with E-state index >= 15 is 0 Å². The molecule has 1 N–H and O–H groups in total. The minimum absolute atomic E-state index is 0.0240. The van der Waals surface area contributed by atoms with Gasteiger partial charge in [0.2, 0.25) is 0 Å². The highest BCUT2D eigenvalue weighted by atomic mass is 16.5. The zero-order chi connectivity index (χ0) is 25.0. The molecule has 0 aliphatic carbocycles. The lowest BCUT2D eigenvalue weighted by atomic mass is 9.87. The Hall–Kier alpha value is -3.86. The van der Waals surface area contributed by atoms with Gasteiger partial charge in [0.15, 0.2) is 0 Å². The van der Waals surface area contributed by atoms with E-state index in [4.69, 9.17) is 4.74 Å². The van der Waals surface area contributed by atoms with Gasteiger partial charge in [-0.25, -0.2) is 0 Å².